The first-order chi connectivity index (χ1) is 17.0. The summed E-state index contributed by atoms with van der Waals surface area (Å²) in [5.41, 5.74) is 1.31. The van der Waals surface area contributed by atoms with Gasteiger partial charge in [0.1, 0.15) is 29.3 Å². The molecule has 2 aromatic carbocycles. The first kappa shape index (κ1) is 23.3. The number of rotatable bonds is 7. The summed E-state index contributed by atoms with van der Waals surface area (Å²) in [6.45, 7) is 2.17. The van der Waals surface area contributed by atoms with Crippen molar-refractivity contribution in [1.82, 2.24) is 15.0 Å². The quantitative estimate of drug-likeness (QED) is 0.312. The van der Waals surface area contributed by atoms with Gasteiger partial charge in [-0.1, -0.05) is 29.8 Å². The zero-order valence-corrected chi connectivity index (χ0v) is 19.8. The Morgan fingerprint density at radius 1 is 1.17 bits per heavy atom. The Kier molecular flexibility index (Phi) is 6.68. The van der Waals surface area contributed by atoms with Gasteiger partial charge in [-0.25, -0.2) is 9.97 Å². The van der Waals surface area contributed by atoms with Crippen LogP contribution >= 0.6 is 11.6 Å². The Bertz CT molecular complexity index is 1330. The minimum absolute atomic E-state index is 0.000964. The molecule has 0 bridgehead atoms. The van der Waals surface area contributed by atoms with Crippen LogP contribution in [-0.2, 0) is 4.74 Å². The zero-order valence-electron chi connectivity index (χ0n) is 19.1. The molecule has 1 saturated heterocycles. The van der Waals surface area contributed by atoms with Crippen molar-refractivity contribution in [1.29, 1.82) is 0 Å². The van der Waals surface area contributed by atoms with E-state index in [2.05, 4.69) is 20.3 Å². The number of hydrogen-bond donors (Lipinski definition) is 3. The molecule has 0 saturated carbocycles. The predicted molar refractivity (Wildman–Crippen MR) is 133 cm³/mol. The van der Waals surface area contributed by atoms with Crippen molar-refractivity contribution in [2.24, 2.45) is 0 Å². The Balaban J connectivity index is 1.39. The summed E-state index contributed by atoms with van der Waals surface area (Å²) in [7, 11) is 0. The third-order valence-electron chi connectivity index (χ3n) is 6.07. The van der Waals surface area contributed by atoms with E-state index < -0.39 is 6.10 Å². The lowest BCUT2D eigenvalue weighted by Crippen LogP contribution is -2.39. The van der Waals surface area contributed by atoms with Crippen LogP contribution in [0.25, 0.3) is 11.0 Å². The van der Waals surface area contributed by atoms with Crippen LogP contribution in [0.15, 0.2) is 61.1 Å². The van der Waals surface area contributed by atoms with Crippen molar-refractivity contribution in [2.75, 3.05) is 11.9 Å². The zero-order chi connectivity index (χ0) is 24.4. The van der Waals surface area contributed by atoms with Crippen molar-refractivity contribution in [3.05, 3.63) is 77.2 Å². The fraction of sp³-hybridized carbons (Fsp3) is 0.269. The number of ketones is 1. The Morgan fingerprint density at radius 2 is 2.00 bits per heavy atom. The largest absolute Gasteiger partial charge is 0.457 e. The van der Waals surface area contributed by atoms with Crippen LogP contribution in [0.4, 0.5) is 5.82 Å². The summed E-state index contributed by atoms with van der Waals surface area (Å²) in [6, 6.07) is 14.4. The van der Waals surface area contributed by atoms with E-state index in [-0.39, 0.29) is 23.0 Å². The van der Waals surface area contributed by atoms with Gasteiger partial charge in [0.2, 0.25) is 0 Å². The Hall–Kier alpha value is -3.46. The molecule has 35 heavy (non-hydrogen) atoms. The number of hydrogen-bond acceptors (Lipinski definition) is 7. The number of anilines is 1. The summed E-state index contributed by atoms with van der Waals surface area (Å²) in [4.78, 5) is 25.2. The van der Waals surface area contributed by atoms with Crippen molar-refractivity contribution in [3.8, 4) is 11.5 Å². The topological polar surface area (TPSA) is 109 Å². The van der Waals surface area contributed by atoms with Crippen LogP contribution in [0, 0.1) is 0 Å². The molecule has 180 valence electrons. The highest BCUT2D eigenvalue weighted by atomic mass is 35.5. The predicted octanol–water partition coefficient (Wildman–Crippen LogP) is 4.97. The number of carbonyl (C=O) groups excluding carboxylic acids is 1. The summed E-state index contributed by atoms with van der Waals surface area (Å²) in [5.74, 6) is 1.51. The molecule has 0 aliphatic carbocycles. The molecule has 0 amide bonds. The van der Waals surface area contributed by atoms with Gasteiger partial charge in [-0.15, -0.1) is 0 Å². The number of fused-ring (bicyclic) bond motifs is 1. The molecule has 0 radical (unpaired) electrons. The van der Waals surface area contributed by atoms with Crippen molar-refractivity contribution >= 4 is 34.2 Å². The molecule has 0 unspecified atom stereocenters. The van der Waals surface area contributed by atoms with Crippen LogP contribution < -0.4 is 10.1 Å². The van der Waals surface area contributed by atoms with Gasteiger partial charge in [0, 0.05) is 17.8 Å². The van der Waals surface area contributed by atoms with E-state index in [0.29, 0.717) is 46.1 Å². The number of aliphatic hydroxyl groups is 1. The molecule has 1 aliphatic rings. The van der Waals surface area contributed by atoms with E-state index in [4.69, 9.17) is 21.1 Å². The normalized spacial score (nSPS) is 18.8. The summed E-state index contributed by atoms with van der Waals surface area (Å²) < 4.78 is 11.6. The van der Waals surface area contributed by atoms with E-state index in [0.717, 1.165) is 12.8 Å². The second-order valence-electron chi connectivity index (χ2n) is 8.57. The van der Waals surface area contributed by atoms with Crippen LogP contribution in [0.3, 0.4) is 0 Å². The monoisotopic (exact) mass is 492 g/mol. The lowest BCUT2D eigenvalue weighted by Gasteiger charge is -2.31. The van der Waals surface area contributed by atoms with E-state index in [1.165, 1.54) is 6.33 Å². The van der Waals surface area contributed by atoms with E-state index in [1.54, 1.807) is 31.3 Å². The van der Waals surface area contributed by atoms with E-state index in [9.17, 15) is 9.90 Å². The van der Waals surface area contributed by atoms with Gasteiger partial charge in [0.25, 0.3) is 0 Å². The molecule has 3 heterocycles. The van der Waals surface area contributed by atoms with E-state index in [1.807, 2.05) is 30.3 Å². The first-order valence-corrected chi connectivity index (χ1v) is 11.8. The van der Waals surface area contributed by atoms with Gasteiger partial charge < -0.3 is 24.9 Å². The van der Waals surface area contributed by atoms with Crippen LogP contribution in [-0.4, -0.2) is 50.7 Å². The summed E-state index contributed by atoms with van der Waals surface area (Å²) in [6.07, 6.45) is 3.93. The number of nitrogens with zero attached hydrogens (tertiary/aromatic N) is 2. The fourth-order valence-electron chi connectivity index (χ4n) is 4.22. The molecule has 8 nitrogen and oxygen atoms in total. The molecular formula is C26H25ClN4O4. The number of aromatic nitrogens is 3. The highest BCUT2D eigenvalue weighted by Gasteiger charge is 2.27. The molecular weight excluding hydrogens is 468 g/mol. The average molecular weight is 493 g/mol. The number of nitrogens with one attached hydrogen (secondary N) is 2. The number of benzene rings is 2. The van der Waals surface area contributed by atoms with Gasteiger partial charge in [0.05, 0.1) is 40.8 Å². The summed E-state index contributed by atoms with van der Waals surface area (Å²) in [5, 5.41) is 14.0. The van der Waals surface area contributed by atoms with Gasteiger partial charge in [-0.3, -0.25) is 4.79 Å². The second kappa shape index (κ2) is 10.0. The molecule has 1 aliphatic heterocycles. The van der Waals surface area contributed by atoms with Gasteiger partial charge in [-0.2, -0.15) is 0 Å². The van der Waals surface area contributed by atoms with Gasteiger partial charge in [-0.05, 0) is 44.0 Å². The number of aliphatic hydroxyl groups excluding tert-OH is 1. The lowest BCUT2D eigenvalue weighted by atomic mass is 10.0. The SMILES string of the molecule is C[C@@H](O)[C@@H]1CC[C@@H](Nc2ncnc3[nH]cc(C(=O)c4ccc(Oc5ccccc5)cc4Cl)c23)CO1. The molecule has 3 N–H and O–H groups in total. The average Bonchev–Trinajstić information content (AvgIpc) is 3.30. The second-order valence-corrected chi connectivity index (χ2v) is 8.97. The minimum atomic E-state index is -0.509. The number of aromatic amines is 1. The van der Waals surface area contributed by atoms with Crippen LogP contribution in [0.2, 0.25) is 5.02 Å². The van der Waals surface area contributed by atoms with Crippen molar-refractivity contribution in [2.45, 2.75) is 38.0 Å². The van der Waals surface area contributed by atoms with Crippen molar-refractivity contribution in [3.63, 3.8) is 0 Å². The maximum absolute atomic E-state index is 13.5. The molecule has 2 aromatic heterocycles. The van der Waals surface area contributed by atoms with E-state index >= 15 is 0 Å². The first-order valence-electron chi connectivity index (χ1n) is 11.4. The fourth-order valence-corrected chi connectivity index (χ4v) is 4.48. The molecule has 9 heteroatoms. The maximum Gasteiger partial charge on any atom is 0.196 e. The molecule has 5 rings (SSSR count). The molecule has 0 spiro atoms. The summed E-state index contributed by atoms with van der Waals surface area (Å²) >= 11 is 6.50. The Labute approximate surface area is 207 Å². The number of para-hydroxylation sites is 1. The van der Waals surface area contributed by atoms with Crippen LogP contribution in [0.5, 0.6) is 11.5 Å². The molecule has 1 fully saturated rings. The highest BCUT2D eigenvalue weighted by molar-refractivity contribution is 6.35. The minimum Gasteiger partial charge on any atom is -0.457 e. The van der Waals surface area contributed by atoms with Gasteiger partial charge in [0.15, 0.2) is 5.78 Å². The van der Waals surface area contributed by atoms with Crippen LogP contribution in [0.1, 0.15) is 35.7 Å². The number of halogens is 1. The Morgan fingerprint density at radius 3 is 2.71 bits per heavy atom. The number of carbonyl (C=O) groups is 1. The smallest absolute Gasteiger partial charge is 0.196 e. The number of H-pyrrole nitrogens is 1. The molecule has 3 atom stereocenters. The van der Waals surface area contributed by atoms with Crippen molar-refractivity contribution < 1.29 is 19.4 Å². The maximum atomic E-state index is 13.5. The van der Waals surface area contributed by atoms with Gasteiger partial charge >= 0.3 is 0 Å². The third kappa shape index (κ3) is 5.00. The number of ether oxygens (including phenoxy) is 2. The third-order valence-corrected chi connectivity index (χ3v) is 6.38. The highest BCUT2D eigenvalue weighted by Crippen LogP contribution is 2.32. The molecule has 4 aromatic rings. The lowest BCUT2D eigenvalue weighted by molar-refractivity contribution is -0.0584. The standard InChI is InChI=1S/C26H25ClN4O4/c1-15(32)22-10-7-16(13-34-22)31-26-23-20(12-28-25(23)29-14-30-26)24(33)19-9-8-18(11-21(19)27)35-17-5-3-2-4-6-17/h2-6,8-9,11-12,14-16,22,32H,7,10,13H2,1H3,(H2,28,29,30,31)/t15-,16-,22+/m1/s1.